The van der Waals surface area contributed by atoms with Crippen LogP contribution in [0.15, 0.2) is 18.3 Å². The zero-order chi connectivity index (χ0) is 21.5. The lowest BCUT2D eigenvalue weighted by Crippen LogP contribution is -2.39. The fraction of sp³-hybridized carbons (Fsp3) is 0.650. The Labute approximate surface area is 173 Å². The van der Waals surface area contributed by atoms with Gasteiger partial charge in [0.2, 0.25) is 5.91 Å². The number of alkyl halides is 3. The summed E-state index contributed by atoms with van der Waals surface area (Å²) in [6.45, 7) is 4.83. The molecule has 30 heavy (non-hydrogen) atoms. The minimum Gasteiger partial charge on any atom is -0.367 e. The number of carbonyl (C=O) groups is 1. The van der Waals surface area contributed by atoms with Gasteiger partial charge in [0.15, 0.2) is 6.04 Å². The van der Waals surface area contributed by atoms with Crippen molar-refractivity contribution < 1.29 is 18.0 Å². The highest BCUT2D eigenvalue weighted by Crippen LogP contribution is 2.42. The van der Waals surface area contributed by atoms with E-state index in [9.17, 15) is 18.0 Å². The molecule has 7 nitrogen and oxygen atoms in total. The van der Waals surface area contributed by atoms with Gasteiger partial charge in [-0.25, -0.2) is 4.68 Å². The topological polar surface area (TPSA) is 68.0 Å². The lowest BCUT2D eigenvalue weighted by Gasteiger charge is -2.32. The van der Waals surface area contributed by atoms with Crippen molar-refractivity contribution in [3.05, 3.63) is 29.7 Å². The summed E-state index contributed by atoms with van der Waals surface area (Å²) in [4.78, 5) is 14.6. The number of amides is 1. The highest BCUT2D eigenvalue weighted by Gasteiger charge is 2.46. The van der Waals surface area contributed by atoms with E-state index in [1.165, 1.54) is 0 Å². The summed E-state index contributed by atoms with van der Waals surface area (Å²) >= 11 is 0. The van der Waals surface area contributed by atoms with Gasteiger partial charge in [0.1, 0.15) is 5.82 Å². The second-order valence-electron chi connectivity index (χ2n) is 8.16. The van der Waals surface area contributed by atoms with Crippen LogP contribution in [0.4, 0.5) is 19.0 Å². The fourth-order valence-electron chi connectivity index (χ4n) is 4.41. The maximum Gasteiger partial charge on any atom is 0.410 e. The maximum absolute atomic E-state index is 13.6. The van der Waals surface area contributed by atoms with Crippen LogP contribution in [0.5, 0.6) is 0 Å². The average molecular weight is 424 g/mol. The van der Waals surface area contributed by atoms with Crippen LogP contribution in [0.25, 0.3) is 0 Å². The first-order chi connectivity index (χ1) is 14.3. The van der Waals surface area contributed by atoms with Crippen molar-refractivity contribution >= 4 is 11.7 Å². The monoisotopic (exact) mass is 424 g/mol. The fourth-order valence-corrected chi connectivity index (χ4v) is 4.41. The number of fused-ring (bicyclic) bond motifs is 1. The molecular weight excluding hydrogens is 397 g/mol. The van der Waals surface area contributed by atoms with E-state index < -0.39 is 12.2 Å². The summed E-state index contributed by atoms with van der Waals surface area (Å²) in [5.74, 6) is 0.361. The lowest BCUT2D eigenvalue weighted by molar-refractivity contribution is -0.173. The third-order valence-corrected chi connectivity index (χ3v) is 6.02. The van der Waals surface area contributed by atoms with Crippen molar-refractivity contribution in [3.63, 3.8) is 0 Å². The van der Waals surface area contributed by atoms with Crippen LogP contribution in [0.3, 0.4) is 0 Å². The number of aromatic nitrogens is 4. The van der Waals surface area contributed by atoms with Crippen molar-refractivity contribution in [3.8, 4) is 0 Å². The molecule has 0 bridgehead atoms. The molecular formula is C20H27F3N6O. The van der Waals surface area contributed by atoms with E-state index >= 15 is 0 Å². The number of hydrogen-bond donors (Lipinski definition) is 1. The minimum atomic E-state index is -4.36. The molecule has 4 rings (SSSR count). The Morgan fingerprint density at radius 2 is 2.13 bits per heavy atom. The molecule has 1 N–H and O–H groups in total. The predicted molar refractivity (Wildman–Crippen MR) is 105 cm³/mol. The van der Waals surface area contributed by atoms with Crippen molar-refractivity contribution in [2.75, 3.05) is 11.9 Å². The smallest absolute Gasteiger partial charge is 0.367 e. The summed E-state index contributed by atoms with van der Waals surface area (Å²) < 4.78 is 43.7. The molecule has 1 saturated heterocycles. The molecule has 1 fully saturated rings. The van der Waals surface area contributed by atoms with Crippen molar-refractivity contribution in [2.24, 2.45) is 0 Å². The van der Waals surface area contributed by atoms with Gasteiger partial charge in [0, 0.05) is 37.8 Å². The van der Waals surface area contributed by atoms with E-state index in [2.05, 4.69) is 15.5 Å². The Morgan fingerprint density at radius 3 is 2.80 bits per heavy atom. The van der Waals surface area contributed by atoms with E-state index in [4.69, 9.17) is 0 Å². The Hall–Kier alpha value is -2.52. The SMILES string of the molecule is CC[C@@H]1C[C@H](C(F)(F)F)n2nc(C3CCCN3C(=O)CCn3ccc(C)n3)cc2N1. The van der Waals surface area contributed by atoms with Gasteiger partial charge in [-0.05, 0) is 38.7 Å². The predicted octanol–water partition coefficient (Wildman–Crippen LogP) is 3.84. The largest absolute Gasteiger partial charge is 0.410 e. The summed E-state index contributed by atoms with van der Waals surface area (Å²) in [5, 5.41) is 11.8. The summed E-state index contributed by atoms with van der Waals surface area (Å²) in [6.07, 6.45) is -0.142. The van der Waals surface area contributed by atoms with Crippen LogP contribution in [0, 0.1) is 6.92 Å². The van der Waals surface area contributed by atoms with Gasteiger partial charge in [-0.15, -0.1) is 0 Å². The van der Waals surface area contributed by atoms with Crippen molar-refractivity contribution in [2.45, 2.75) is 76.8 Å². The molecule has 0 radical (unpaired) electrons. The number of rotatable bonds is 5. The zero-order valence-corrected chi connectivity index (χ0v) is 17.2. The van der Waals surface area contributed by atoms with Crippen molar-refractivity contribution in [1.29, 1.82) is 0 Å². The molecule has 2 aliphatic rings. The number of halogens is 3. The van der Waals surface area contributed by atoms with Gasteiger partial charge >= 0.3 is 6.18 Å². The third-order valence-electron chi connectivity index (χ3n) is 6.02. The number of nitrogens with zero attached hydrogens (tertiary/aromatic N) is 5. The Balaban J connectivity index is 1.52. The summed E-state index contributed by atoms with van der Waals surface area (Å²) in [7, 11) is 0. The normalized spacial score (nSPS) is 24.0. The highest BCUT2D eigenvalue weighted by atomic mass is 19.4. The molecule has 4 heterocycles. The molecule has 2 aromatic heterocycles. The van der Waals surface area contributed by atoms with Gasteiger partial charge in [0.25, 0.3) is 0 Å². The number of hydrogen-bond acceptors (Lipinski definition) is 4. The van der Waals surface area contributed by atoms with Gasteiger partial charge in [-0.3, -0.25) is 9.48 Å². The van der Waals surface area contributed by atoms with E-state index in [1.54, 1.807) is 15.6 Å². The summed E-state index contributed by atoms with van der Waals surface area (Å²) in [6, 6.07) is 1.40. The molecule has 164 valence electrons. The number of anilines is 1. The van der Waals surface area contributed by atoms with Crippen LogP contribution in [0.1, 0.15) is 62.5 Å². The maximum atomic E-state index is 13.6. The first-order valence-corrected chi connectivity index (χ1v) is 10.5. The Kier molecular flexibility index (Phi) is 5.50. The minimum absolute atomic E-state index is 0.0246. The first-order valence-electron chi connectivity index (χ1n) is 10.5. The van der Waals surface area contributed by atoms with Gasteiger partial charge < -0.3 is 10.2 Å². The molecule has 2 aromatic rings. The molecule has 1 amide bonds. The van der Waals surface area contributed by atoms with Gasteiger partial charge in [0.05, 0.1) is 17.4 Å². The molecule has 1 unspecified atom stereocenters. The molecule has 2 aliphatic heterocycles. The van der Waals surface area contributed by atoms with Crippen LogP contribution in [0.2, 0.25) is 0 Å². The van der Waals surface area contributed by atoms with Crippen LogP contribution < -0.4 is 5.32 Å². The van der Waals surface area contributed by atoms with Gasteiger partial charge in [-0.1, -0.05) is 6.92 Å². The second-order valence-corrected chi connectivity index (χ2v) is 8.16. The standard InChI is InChI=1S/C20H27F3N6O/c1-3-14-11-17(20(21,22)23)29-18(24-14)12-15(26-29)16-5-4-8-28(16)19(30)7-10-27-9-6-13(2)25-27/h6,9,12,14,16-17,24H,3-5,7-8,10-11H2,1-2H3/t14-,16?,17-/m1/s1. The molecule has 0 aromatic carbocycles. The molecule has 0 aliphatic carbocycles. The van der Waals surface area contributed by atoms with E-state index in [0.29, 0.717) is 43.9 Å². The second kappa shape index (κ2) is 7.96. The molecule has 3 atom stereocenters. The van der Waals surface area contributed by atoms with E-state index in [0.717, 1.165) is 16.8 Å². The number of likely N-dealkylation sites (tertiary alicyclic amines) is 1. The van der Waals surface area contributed by atoms with Crippen LogP contribution in [-0.4, -0.2) is 49.1 Å². The van der Waals surface area contributed by atoms with E-state index in [-0.39, 0.29) is 24.4 Å². The third kappa shape index (κ3) is 4.04. The number of nitrogens with one attached hydrogen (secondary N) is 1. The van der Waals surface area contributed by atoms with Crippen LogP contribution in [-0.2, 0) is 11.3 Å². The Bertz CT molecular complexity index is 905. The number of aryl methyl sites for hydroxylation is 2. The zero-order valence-electron chi connectivity index (χ0n) is 17.2. The van der Waals surface area contributed by atoms with Gasteiger partial charge in [-0.2, -0.15) is 23.4 Å². The Morgan fingerprint density at radius 1 is 1.33 bits per heavy atom. The first kappa shape index (κ1) is 20.7. The quantitative estimate of drug-likeness (QED) is 0.792. The lowest BCUT2D eigenvalue weighted by atomic mass is 10.0. The average Bonchev–Trinajstić information content (AvgIpc) is 3.42. The molecule has 10 heteroatoms. The molecule has 0 spiro atoms. The van der Waals surface area contributed by atoms with E-state index in [1.807, 2.05) is 26.1 Å². The number of carbonyl (C=O) groups excluding carboxylic acids is 1. The van der Waals surface area contributed by atoms with Crippen LogP contribution >= 0.6 is 0 Å². The highest BCUT2D eigenvalue weighted by molar-refractivity contribution is 5.77. The van der Waals surface area contributed by atoms with Crippen molar-refractivity contribution in [1.82, 2.24) is 24.5 Å². The molecule has 0 saturated carbocycles. The summed E-state index contributed by atoms with van der Waals surface area (Å²) in [5.41, 5.74) is 1.42.